The van der Waals surface area contributed by atoms with Gasteiger partial charge in [0.05, 0.1) is 27.2 Å². The summed E-state index contributed by atoms with van der Waals surface area (Å²) in [5, 5.41) is 2.80. The topological polar surface area (TPSA) is 73.9 Å². The minimum absolute atomic E-state index is 0.0863. The van der Waals surface area contributed by atoms with Crippen molar-refractivity contribution in [2.45, 2.75) is 32.5 Å². The first kappa shape index (κ1) is 28.6. The van der Waals surface area contributed by atoms with Gasteiger partial charge in [0.1, 0.15) is 22.9 Å². The summed E-state index contributed by atoms with van der Waals surface area (Å²) in [7, 11) is 3.29. The summed E-state index contributed by atoms with van der Waals surface area (Å²) < 4.78 is 17.7. The molecule has 206 valence electrons. The number of nitrogens with one attached hydrogen (secondary N) is 1. The molecule has 4 aromatic rings. The maximum Gasteiger partial charge on any atom is 0.231 e. The maximum absolute atomic E-state index is 12.3. The van der Waals surface area contributed by atoms with Gasteiger partial charge in [0, 0.05) is 11.6 Å². The first-order valence-corrected chi connectivity index (χ1v) is 13.3. The van der Waals surface area contributed by atoms with Crippen LogP contribution in [0.4, 0.5) is 5.69 Å². The van der Waals surface area contributed by atoms with Crippen molar-refractivity contribution in [1.29, 1.82) is 0 Å². The van der Waals surface area contributed by atoms with Crippen molar-refractivity contribution in [3.05, 3.63) is 125 Å². The van der Waals surface area contributed by atoms with E-state index in [0.29, 0.717) is 12.3 Å². The Hall–Kier alpha value is -4.42. The van der Waals surface area contributed by atoms with Gasteiger partial charge in [-0.05, 0) is 58.7 Å². The second-order valence-corrected chi connectivity index (χ2v) is 9.84. The molecule has 0 aliphatic heterocycles. The van der Waals surface area contributed by atoms with Gasteiger partial charge >= 0.3 is 0 Å². The molecule has 6 heteroatoms. The van der Waals surface area contributed by atoms with Gasteiger partial charge in [-0.25, -0.2) is 0 Å². The molecule has 0 aromatic heterocycles. The van der Waals surface area contributed by atoms with Crippen LogP contribution in [0.2, 0.25) is 0 Å². The van der Waals surface area contributed by atoms with Crippen LogP contribution >= 0.6 is 0 Å². The van der Waals surface area contributed by atoms with E-state index >= 15 is 0 Å². The highest BCUT2D eigenvalue weighted by Gasteiger charge is 2.38. The number of Topliss-reactive ketones (excluding diaryl/α,β-unsaturated/α-hetero) is 1. The Morgan fingerprint density at radius 1 is 0.700 bits per heavy atom. The average molecular weight is 538 g/mol. The second kappa shape index (κ2) is 13.1. The normalized spacial score (nSPS) is 11.2. The van der Waals surface area contributed by atoms with Crippen molar-refractivity contribution < 1.29 is 23.8 Å². The number of anilines is 1. The summed E-state index contributed by atoms with van der Waals surface area (Å²) in [5.41, 5.74) is 3.50. The minimum Gasteiger partial charge on any atom is -0.497 e. The minimum atomic E-state index is -0.927. The van der Waals surface area contributed by atoms with Crippen LogP contribution in [0.1, 0.15) is 42.5 Å². The van der Waals surface area contributed by atoms with E-state index < -0.39 is 5.60 Å². The Morgan fingerprint density at radius 3 is 1.68 bits per heavy atom. The molecule has 40 heavy (non-hydrogen) atoms. The molecule has 4 rings (SSSR count). The van der Waals surface area contributed by atoms with Crippen LogP contribution in [0, 0.1) is 5.92 Å². The number of hydrogen-bond donors (Lipinski definition) is 1. The lowest BCUT2D eigenvalue weighted by atomic mass is 9.80. The van der Waals surface area contributed by atoms with Crippen LogP contribution in [0.5, 0.6) is 11.5 Å². The van der Waals surface area contributed by atoms with Gasteiger partial charge < -0.3 is 19.5 Å². The summed E-state index contributed by atoms with van der Waals surface area (Å²) in [6.07, 6.45) is -0.133. The number of ketones is 1. The lowest BCUT2D eigenvalue weighted by molar-refractivity contribution is -0.127. The Morgan fingerprint density at radius 2 is 1.20 bits per heavy atom. The molecule has 0 saturated heterocycles. The van der Waals surface area contributed by atoms with Crippen molar-refractivity contribution in [2.24, 2.45) is 5.92 Å². The second-order valence-electron chi connectivity index (χ2n) is 9.84. The van der Waals surface area contributed by atoms with Gasteiger partial charge in [-0.2, -0.15) is 0 Å². The predicted molar refractivity (Wildman–Crippen MR) is 157 cm³/mol. The number of ether oxygens (including phenoxy) is 3. The third-order valence-electron chi connectivity index (χ3n) is 6.85. The van der Waals surface area contributed by atoms with Crippen LogP contribution in [-0.4, -0.2) is 25.9 Å². The fourth-order valence-electron chi connectivity index (χ4n) is 4.52. The largest absolute Gasteiger partial charge is 0.497 e. The van der Waals surface area contributed by atoms with E-state index in [4.69, 9.17) is 14.2 Å². The van der Waals surface area contributed by atoms with Crippen LogP contribution in [0.3, 0.4) is 0 Å². The first-order chi connectivity index (χ1) is 19.3. The molecule has 6 nitrogen and oxygen atoms in total. The molecule has 0 spiro atoms. The average Bonchev–Trinajstić information content (AvgIpc) is 2.99. The van der Waals surface area contributed by atoms with Gasteiger partial charge in [0.15, 0.2) is 0 Å². The number of carbonyl (C=O) groups excluding carboxylic acids is 2. The molecular formula is C34H35NO5. The SMILES string of the molecule is COc1ccc(C(OCc2ccc(NC(=O)CC(=O)C(C)C)cc2)(c2ccccc2)c2ccc(OC)cc2)cc1. The summed E-state index contributed by atoms with van der Waals surface area (Å²) in [4.78, 5) is 24.2. The van der Waals surface area contributed by atoms with Crippen molar-refractivity contribution in [1.82, 2.24) is 0 Å². The Bertz CT molecular complexity index is 1350. The van der Waals surface area contributed by atoms with Gasteiger partial charge in [0.2, 0.25) is 5.91 Å². The number of hydrogen-bond acceptors (Lipinski definition) is 5. The van der Waals surface area contributed by atoms with Crippen LogP contribution in [-0.2, 0) is 26.5 Å². The number of rotatable bonds is 12. The van der Waals surface area contributed by atoms with E-state index in [1.165, 1.54) is 0 Å². The van der Waals surface area contributed by atoms with Crippen molar-refractivity contribution in [3.63, 3.8) is 0 Å². The summed E-state index contributed by atoms with van der Waals surface area (Å²) in [6.45, 7) is 3.88. The zero-order valence-electron chi connectivity index (χ0n) is 23.3. The highest BCUT2D eigenvalue weighted by molar-refractivity contribution is 6.04. The number of benzene rings is 4. The molecule has 0 fully saturated rings. The van der Waals surface area contributed by atoms with Crippen molar-refractivity contribution in [3.8, 4) is 11.5 Å². The zero-order valence-corrected chi connectivity index (χ0v) is 23.3. The summed E-state index contributed by atoms with van der Waals surface area (Å²) >= 11 is 0. The fourth-order valence-corrected chi connectivity index (χ4v) is 4.52. The third kappa shape index (κ3) is 6.58. The van der Waals surface area contributed by atoms with E-state index in [0.717, 1.165) is 33.8 Å². The molecule has 0 saturated carbocycles. The lowest BCUT2D eigenvalue weighted by Crippen LogP contribution is -2.32. The molecule has 0 aliphatic carbocycles. The number of methoxy groups -OCH3 is 2. The zero-order chi connectivity index (χ0) is 28.5. The Balaban J connectivity index is 1.66. The molecule has 0 atom stereocenters. The Labute approximate surface area is 235 Å². The molecule has 1 N–H and O–H groups in total. The smallest absolute Gasteiger partial charge is 0.231 e. The van der Waals surface area contributed by atoms with Gasteiger partial charge in [0.25, 0.3) is 0 Å². The van der Waals surface area contributed by atoms with Gasteiger partial charge in [-0.1, -0.05) is 80.6 Å². The lowest BCUT2D eigenvalue weighted by Gasteiger charge is -2.36. The van der Waals surface area contributed by atoms with Gasteiger partial charge in [-0.15, -0.1) is 0 Å². The van der Waals surface area contributed by atoms with E-state index in [1.54, 1.807) is 28.1 Å². The van der Waals surface area contributed by atoms with Crippen molar-refractivity contribution in [2.75, 3.05) is 19.5 Å². The maximum atomic E-state index is 12.3. The van der Waals surface area contributed by atoms with E-state index in [2.05, 4.69) is 17.4 Å². The molecule has 0 unspecified atom stereocenters. The fraction of sp³-hybridized carbons (Fsp3) is 0.235. The standard InChI is InChI=1S/C34H35NO5/c1-24(2)32(36)22-33(37)35-29-16-10-25(11-17-29)23-40-34(26-8-6-5-7-9-26,27-12-18-30(38-3)19-13-27)28-14-20-31(39-4)21-15-28/h5-21,24H,22-23H2,1-4H3,(H,35,37). The molecule has 0 aliphatic rings. The molecule has 0 bridgehead atoms. The van der Waals surface area contributed by atoms with E-state index in [9.17, 15) is 9.59 Å². The van der Waals surface area contributed by atoms with Crippen molar-refractivity contribution >= 4 is 17.4 Å². The molecule has 1 amide bonds. The molecule has 0 radical (unpaired) electrons. The highest BCUT2D eigenvalue weighted by atomic mass is 16.5. The third-order valence-corrected chi connectivity index (χ3v) is 6.85. The first-order valence-electron chi connectivity index (χ1n) is 13.3. The molecular weight excluding hydrogens is 502 g/mol. The van der Waals surface area contributed by atoms with Crippen LogP contribution in [0.15, 0.2) is 103 Å². The quantitative estimate of drug-likeness (QED) is 0.160. The predicted octanol–water partition coefficient (Wildman–Crippen LogP) is 6.77. The van der Waals surface area contributed by atoms with E-state index in [-0.39, 0.29) is 24.0 Å². The number of carbonyl (C=O) groups is 2. The van der Waals surface area contributed by atoms with Crippen LogP contribution in [0.25, 0.3) is 0 Å². The van der Waals surface area contributed by atoms with Gasteiger partial charge in [-0.3, -0.25) is 9.59 Å². The molecule has 4 aromatic carbocycles. The molecule has 0 heterocycles. The monoisotopic (exact) mass is 537 g/mol. The summed E-state index contributed by atoms with van der Waals surface area (Å²) in [6, 6.07) is 33.4. The van der Waals surface area contributed by atoms with Crippen LogP contribution < -0.4 is 14.8 Å². The summed E-state index contributed by atoms with van der Waals surface area (Å²) in [5.74, 6) is 0.939. The Kier molecular flexibility index (Phi) is 9.35. The highest BCUT2D eigenvalue weighted by Crippen LogP contribution is 2.42. The number of amides is 1. The van der Waals surface area contributed by atoms with E-state index in [1.807, 2.05) is 91.0 Å².